The first kappa shape index (κ1) is 39.2. The van der Waals surface area contributed by atoms with Gasteiger partial charge in [0.1, 0.15) is 53.3 Å². The number of hydrogen-bond acceptors (Lipinski definition) is 14. The van der Waals surface area contributed by atoms with Crippen LogP contribution in [0.4, 0.5) is 0 Å². The molecule has 2 atom stereocenters. The fourth-order valence-corrected chi connectivity index (χ4v) is 5.91. The van der Waals surface area contributed by atoms with Gasteiger partial charge in [-0.25, -0.2) is 0 Å². The van der Waals surface area contributed by atoms with Crippen LogP contribution in [0.15, 0.2) is 42.5 Å². The minimum Gasteiger partial charge on any atom is -0.496 e. The molecule has 0 saturated heterocycles. The van der Waals surface area contributed by atoms with Crippen LogP contribution in [-0.4, -0.2) is 88.4 Å². The van der Waals surface area contributed by atoms with Crippen molar-refractivity contribution in [3.63, 3.8) is 0 Å². The second kappa shape index (κ2) is 17.6. The van der Waals surface area contributed by atoms with Gasteiger partial charge in [-0.3, -0.25) is 0 Å². The molecule has 4 rings (SSSR count). The highest BCUT2D eigenvalue weighted by molar-refractivity contribution is 5.64. The van der Waals surface area contributed by atoms with E-state index in [0.717, 1.165) is 0 Å². The minimum atomic E-state index is -1.38. The number of ether oxygens (including phenoxy) is 12. The Morgan fingerprint density at radius 1 is 0.385 bits per heavy atom. The van der Waals surface area contributed by atoms with E-state index < -0.39 is 12.2 Å². The second-order valence-corrected chi connectivity index (χ2v) is 11.0. The number of hydrogen-bond donors (Lipinski definition) is 2. The summed E-state index contributed by atoms with van der Waals surface area (Å²) in [6, 6.07) is 11.4. The molecule has 14 nitrogen and oxygen atoms in total. The van der Waals surface area contributed by atoms with Crippen molar-refractivity contribution in [2.75, 3.05) is 78.2 Å². The van der Waals surface area contributed by atoms with Gasteiger partial charge in [0.2, 0.25) is 11.5 Å². The highest BCUT2D eigenvalue weighted by Crippen LogP contribution is 2.50. The molecule has 0 bridgehead atoms. The first-order chi connectivity index (χ1) is 25.1. The van der Waals surface area contributed by atoms with Gasteiger partial charge in [-0.1, -0.05) is 0 Å². The standard InChI is InChI=1S/C38H46O14/c1-41-22-16-25(43-3)32(26(17-22)44-4)35(40)33-27(45-5)18-24(42-2)23(36(33)49-9)19-52-31-15-21(14-30(48-8)38(31)51-11)34(39)20-12-28(46-6)37(50-10)29(13-20)47-7/h12-18,34-35,39-40H,19H2,1-11H3. The van der Waals surface area contributed by atoms with Crippen LogP contribution in [0.1, 0.15) is 40.0 Å². The average molecular weight is 727 g/mol. The van der Waals surface area contributed by atoms with Crippen molar-refractivity contribution in [3.05, 3.63) is 70.3 Å². The normalized spacial score (nSPS) is 11.9. The van der Waals surface area contributed by atoms with Crippen LogP contribution in [-0.2, 0) is 6.61 Å². The summed E-state index contributed by atoms with van der Waals surface area (Å²) in [5.74, 6) is 3.81. The molecule has 0 heterocycles. The largest absolute Gasteiger partial charge is 0.496 e. The SMILES string of the molecule is COc1cc(OC)c(C(O)c2c(OC)cc(OC)c(COc3cc(C(O)c4cc(OC)c(OC)c(OC)c4)cc(OC)c3OC)c2OC)c(OC)c1. The molecule has 2 N–H and O–H groups in total. The summed E-state index contributed by atoms with van der Waals surface area (Å²) >= 11 is 0. The Labute approximate surface area is 303 Å². The lowest BCUT2D eigenvalue weighted by atomic mass is 9.95. The smallest absolute Gasteiger partial charge is 0.203 e. The molecule has 0 radical (unpaired) electrons. The maximum Gasteiger partial charge on any atom is 0.203 e. The zero-order chi connectivity index (χ0) is 38.1. The molecular formula is C38H46O14. The molecular weight excluding hydrogens is 680 g/mol. The summed E-state index contributed by atoms with van der Waals surface area (Å²) in [7, 11) is 16.3. The van der Waals surface area contributed by atoms with Gasteiger partial charge in [0.15, 0.2) is 23.0 Å². The quantitative estimate of drug-likeness (QED) is 0.132. The Balaban J connectivity index is 1.85. The maximum atomic E-state index is 12.0. The van der Waals surface area contributed by atoms with Crippen molar-refractivity contribution < 1.29 is 67.1 Å². The van der Waals surface area contributed by atoms with Crippen LogP contribution in [0.25, 0.3) is 0 Å². The zero-order valence-corrected chi connectivity index (χ0v) is 31.2. The van der Waals surface area contributed by atoms with Gasteiger partial charge >= 0.3 is 0 Å². The Hall–Kier alpha value is -5.60. The predicted molar refractivity (Wildman–Crippen MR) is 190 cm³/mol. The minimum absolute atomic E-state index is 0.157. The monoisotopic (exact) mass is 726 g/mol. The Morgan fingerprint density at radius 2 is 0.788 bits per heavy atom. The summed E-state index contributed by atoms with van der Waals surface area (Å²) in [5, 5.41) is 23.6. The van der Waals surface area contributed by atoms with E-state index in [1.807, 2.05) is 0 Å². The lowest BCUT2D eigenvalue weighted by molar-refractivity contribution is 0.196. The number of aliphatic hydroxyl groups is 2. The van der Waals surface area contributed by atoms with Gasteiger partial charge in [-0.05, 0) is 35.4 Å². The molecule has 0 aromatic heterocycles. The van der Waals surface area contributed by atoms with Crippen LogP contribution >= 0.6 is 0 Å². The fourth-order valence-electron chi connectivity index (χ4n) is 5.91. The Kier molecular flexibility index (Phi) is 13.2. The van der Waals surface area contributed by atoms with E-state index in [0.29, 0.717) is 68.2 Å². The average Bonchev–Trinajstić information content (AvgIpc) is 3.19. The second-order valence-electron chi connectivity index (χ2n) is 11.0. The first-order valence-electron chi connectivity index (χ1n) is 15.8. The molecule has 0 aliphatic heterocycles. The van der Waals surface area contributed by atoms with E-state index in [9.17, 15) is 10.2 Å². The van der Waals surface area contributed by atoms with E-state index in [2.05, 4.69) is 0 Å². The van der Waals surface area contributed by atoms with Crippen LogP contribution in [0.2, 0.25) is 0 Å². The molecule has 0 aliphatic carbocycles. The number of methoxy groups -OCH3 is 11. The number of rotatable bonds is 18. The van der Waals surface area contributed by atoms with E-state index in [1.165, 1.54) is 78.2 Å². The predicted octanol–water partition coefficient (Wildman–Crippen LogP) is 5.52. The third-order valence-corrected chi connectivity index (χ3v) is 8.45. The summed E-state index contributed by atoms with van der Waals surface area (Å²) in [5.41, 5.74) is 1.84. The molecule has 14 heteroatoms. The van der Waals surface area contributed by atoms with Crippen molar-refractivity contribution in [2.24, 2.45) is 0 Å². The molecule has 4 aromatic carbocycles. The zero-order valence-electron chi connectivity index (χ0n) is 31.2. The van der Waals surface area contributed by atoms with Gasteiger partial charge in [-0.2, -0.15) is 0 Å². The van der Waals surface area contributed by atoms with Gasteiger partial charge in [-0.15, -0.1) is 0 Å². The molecule has 0 amide bonds. The van der Waals surface area contributed by atoms with Gasteiger partial charge in [0, 0.05) is 18.2 Å². The Morgan fingerprint density at radius 3 is 1.19 bits per heavy atom. The van der Waals surface area contributed by atoms with Gasteiger partial charge < -0.3 is 67.1 Å². The number of aliphatic hydroxyl groups excluding tert-OH is 2. The summed E-state index contributed by atoms with van der Waals surface area (Å²) in [4.78, 5) is 0. The van der Waals surface area contributed by atoms with Crippen LogP contribution in [0.5, 0.6) is 69.0 Å². The molecule has 0 fully saturated rings. The lowest BCUT2D eigenvalue weighted by Crippen LogP contribution is -2.12. The first-order valence-corrected chi connectivity index (χ1v) is 15.8. The van der Waals surface area contributed by atoms with Crippen molar-refractivity contribution >= 4 is 0 Å². The van der Waals surface area contributed by atoms with E-state index in [-0.39, 0.29) is 35.2 Å². The summed E-state index contributed by atoms with van der Waals surface area (Å²) in [6.07, 6.45) is -2.56. The molecule has 4 aromatic rings. The van der Waals surface area contributed by atoms with E-state index >= 15 is 0 Å². The fraction of sp³-hybridized carbons (Fsp3) is 0.368. The maximum absolute atomic E-state index is 12.0. The molecule has 0 saturated carbocycles. The molecule has 52 heavy (non-hydrogen) atoms. The summed E-state index contributed by atoms with van der Waals surface area (Å²) in [6.45, 7) is -0.157. The topological polar surface area (TPSA) is 151 Å². The third-order valence-electron chi connectivity index (χ3n) is 8.45. The Bertz CT molecular complexity index is 1790. The highest BCUT2D eigenvalue weighted by atomic mass is 16.5. The van der Waals surface area contributed by atoms with Crippen LogP contribution < -0.4 is 56.8 Å². The molecule has 0 aliphatic rings. The van der Waals surface area contributed by atoms with Crippen molar-refractivity contribution in [1.82, 2.24) is 0 Å². The van der Waals surface area contributed by atoms with Crippen molar-refractivity contribution in [1.29, 1.82) is 0 Å². The van der Waals surface area contributed by atoms with E-state index in [4.69, 9.17) is 56.8 Å². The van der Waals surface area contributed by atoms with Gasteiger partial charge in [0.05, 0.1) is 94.9 Å². The molecule has 0 spiro atoms. The van der Waals surface area contributed by atoms with Gasteiger partial charge in [0.25, 0.3) is 0 Å². The van der Waals surface area contributed by atoms with Crippen molar-refractivity contribution in [3.8, 4) is 69.0 Å². The van der Waals surface area contributed by atoms with Crippen LogP contribution in [0, 0.1) is 0 Å². The lowest BCUT2D eigenvalue weighted by Gasteiger charge is -2.25. The van der Waals surface area contributed by atoms with Crippen LogP contribution in [0.3, 0.4) is 0 Å². The number of benzene rings is 4. The van der Waals surface area contributed by atoms with E-state index in [1.54, 1.807) is 42.5 Å². The highest BCUT2D eigenvalue weighted by Gasteiger charge is 2.32. The molecule has 2 unspecified atom stereocenters. The molecule has 282 valence electrons. The third kappa shape index (κ3) is 7.53. The van der Waals surface area contributed by atoms with Crippen molar-refractivity contribution in [2.45, 2.75) is 18.8 Å². The summed E-state index contributed by atoms with van der Waals surface area (Å²) < 4.78 is 68.2.